The van der Waals surface area contributed by atoms with Crippen molar-refractivity contribution >= 4 is 17.1 Å². The number of benzene rings is 1. The lowest BCUT2D eigenvalue weighted by atomic mass is 10.1. The van der Waals surface area contributed by atoms with Crippen LogP contribution in [0.2, 0.25) is 0 Å². The van der Waals surface area contributed by atoms with Gasteiger partial charge in [0.2, 0.25) is 5.95 Å². The van der Waals surface area contributed by atoms with Gasteiger partial charge >= 0.3 is 5.69 Å². The van der Waals surface area contributed by atoms with Crippen LogP contribution in [0.5, 0.6) is 11.5 Å². The molecule has 174 valence electrons. The van der Waals surface area contributed by atoms with Crippen LogP contribution in [0.15, 0.2) is 27.8 Å². The SMILES string of the molecule is COCCn1c(N[C@@H](COC)c2ccc(OC)c(OC)c2)nc2c1c(=O)n(C)c(=O)n2C. The van der Waals surface area contributed by atoms with Crippen molar-refractivity contribution in [1.82, 2.24) is 18.7 Å². The highest BCUT2D eigenvalue weighted by Crippen LogP contribution is 2.31. The number of methoxy groups -OCH3 is 4. The zero-order chi connectivity index (χ0) is 23.4. The maximum atomic E-state index is 12.9. The molecule has 0 saturated heterocycles. The minimum atomic E-state index is -0.446. The number of anilines is 1. The van der Waals surface area contributed by atoms with Gasteiger partial charge in [0.25, 0.3) is 5.56 Å². The number of fused-ring (bicyclic) bond motifs is 1. The van der Waals surface area contributed by atoms with E-state index in [1.807, 2.05) is 18.2 Å². The van der Waals surface area contributed by atoms with Crippen molar-refractivity contribution in [1.29, 1.82) is 0 Å². The van der Waals surface area contributed by atoms with Gasteiger partial charge in [-0.05, 0) is 17.7 Å². The molecule has 0 fully saturated rings. The molecule has 0 amide bonds. The summed E-state index contributed by atoms with van der Waals surface area (Å²) >= 11 is 0. The van der Waals surface area contributed by atoms with Gasteiger partial charge in [0.05, 0.1) is 33.5 Å². The predicted molar refractivity (Wildman–Crippen MR) is 120 cm³/mol. The molecular weight excluding hydrogens is 418 g/mol. The summed E-state index contributed by atoms with van der Waals surface area (Å²) in [5.41, 5.74) is 0.613. The Bertz CT molecular complexity index is 1210. The largest absolute Gasteiger partial charge is 0.493 e. The van der Waals surface area contributed by atoms with E-state index in [0.29, 0.717) is 48.4 Å². The van der Waals surface area contributed by atoms with Gasteiger partial charge in [0.15, 0.2) is 22.7 Å². The summed E-state index contributed by atoms with van der Waals surface area (Å²) < 4.78 is 25.5. The quantitative estimate of drug-likeness (QED) is 0.488. The monoisotopic (exact) mass is 447 g/mol. The predicted octanol–water partition coefficient (Wildman–Crippen LogP) is 0.897. The molecule has 1 N–H and O–H groups in total. The van der Waals surface area contributed by atoms with Crippen LogP contribution in [0, 0.1) is 0 Å². The van der Waals surface area contributed by atoms with E-state index in [1.165, 1.54) is 11.6 Å². The number of imidazole rings is 1. The fourth-order valence-corrected chi connectivity index (χ4v) is 3.57. The standard InChI is InChI=1S/C21H29N5O6/c1-24-18-17(19(27)25(2)21(24)28)26(9-10-29-3)20(23-18)22-14(12-30-4)13-7-8-15(31-5)16(11-13)32-6/h7-8,11,14H,9-10,12H2,1-6H3,(H,22,23)/t14-/m0/s1. The maximum Gasteiger partial charge on any atom is 0.332 e. The second kappa shape index (κ2) is 9.88. The number of nitrogens with zero attached hydrogens (tertiary/aromatic N) is 4. The van der Waals surface area contributed by atoms with Crippen molar-refractivity contribution in [3.63, 3.8) is 0 Å². The molecule has 11 heteroatoms. The zero-order valence-corrected chi connectivity index (χ0v) is 19.2. The summed E-state index contributed by atoms with van der Waals surface area (Å²) in [7, 11) is 9.36. The highest BCUT2D eigenvalue weighted by molar-refractivity contribution is 5.74. The second-order valence-electron chi connectivity index (χ2n) is 7.22. The molecule has 1 aromatic carbocycles. The number of nitrogens with one attached hydrogen (secondary N) is 1. The maximum absolute atomic E-state index is 12.9. The smallest absolute Gasteiger partial charge is 0.332 e. The molecule has 11 nitrogen and oxygen atoms in total. The van der Waals surface area contributed by atoms with Crippen molar-refractivity contribution in [2.24, 2.45) is 14.1 Å². The summed E-state index contributed by atoms with van der Waals surface area (Å²) in [4.78, 5) is 29.9. The fraction of sp³-hybridized carbons (Fsp3) is 0.476. The molecule has 0 bridgehead atoms. The molecule has 0 saturated carbocycles. The van der Waals surface area contributed by atoms with E-state index in [2.05, 4.69) is 10.3 Å². The number of ether oxygens (including phenoxy) is 4. The van der Waals surface area contributed by atoms with Crippen LogP contribution in [-0.2, 0) is 30.1 Å². The lowest BCUT2D eigenvalue weighted by Crippen LogP contribution is -2.37. The Kier molecular flexibility index (Phi) is 7.21. The van der Waals surface area contributed by atoms with Gasteiger partial charge < -0.3 is 28.8 Å². The summed E-state index contributed by atoms with van der Waals surface area (Å²) in [6.45, 7) is 1.05. The van der Waals surface area contributed by atoms with Gasteiger partial charge in [0.1, 0.15) is 0 Å². The van der Waals surface area contributed by atoms with E-state index in [-0.39, 0.29) is 6.04 Å². The second-order valence-corrected chi connectivity index (χ2v) is 7.22. The summed E-state index contributed by atoms with van der Waals surface area (Å²) in [6, 6.07) is 5.24. The molecule has 0 aliphatic heterocycles. The molecule has 0 spiro atoms. The van der Waals surface area contributed by atoms with Gasteiger partial charge in [-0.25, -0.2) is 4.79 Å². The Labute approximate surface area is 185 Å². The minimum Gasteiger partial charge on any atom is -0.493 e. The average molecular weight is 447 g/mol. The number of rotatable bonds is 10. The van der Waals surface area contributed by atoms with Crippen LogP contribution >= 0.6 is 0 Å². The number of aromatic nitrogens is 4. The third-order valence-electron chi connectivity index (χ3n) is 5.31. The van der Waals surface area contributed by atoms with Crippen molar-refractivity contribution in [2.45, 2.75) is 12.6 Å². The summed E-state index contributed by atoms with van der Waals surface area (Å²) in [5.74, 6) is 1.61. The molecule has 32 heavy (non-hydrogen) atoms. The van der Waals surface area contributed by atoms with Crippen LogP contribution < -0.4 is 26.0 Å². The first-order valence-corrected chi connectivity index (χ1v) is 10.00. The first-order chi connectivity index (χ1) is 15.4. The topological polar surface area (TPSA) is 111 Å². The van der Waals surface area contributed by atoms with Gasteiger partial charge in [-0.3, -0.25) is 13.9 Å². The Morgan fingerprint density at radius 2 is 1.72 bits per heavy atom. The number of hydrogen-bond acceptors (Lipinski definition) is 8. The van der Waals surface area contributed by atoms with Crippen molar-refractivity contribution < 1.29 is 18.9 Å². The van der Waals surface area contributed by atoms with Crippen LogP contribution in [0.4, 0.5) is 5.95 Å². The van der Waals surface area contributed by atoms with Crippen LogP contribution in [0.3, 0.4) is 0 Å². The Morgan fingerprint density at radius 1 is 1.00 bits per heavy atom. The van der Waals surface area contributed by atoms with Gasteiger partial charge in [-0.15, -0.1) is 0 Å². The third kappa shape index (κ3) is 4.21. The Balaban J connectivity index is 2.14. The van der Waals surface area contributed by atoms with Crippen LogP contribution in [0.1, 0.15) is 11.6 Å². The molecule has 0 radical (unpaired) electrons. The molecule has 2 aromatic heterocycles. The molecule has 1 atom stereocenters. The fourth-order valence-electron chi connectivity index (χ4n) is 3.57. The van der Waals surface area contributed by atoms with Crippen molar-refractivity contribution in [2.75, 3.05) is 47.0 Å². The van der Waals surface area contributed by atoms with Crippen LogP contribution in [-0.4, -0.2) is 60.3 Å². The van der Waals surface area contributed by atoms with Crippen LogP contribution in [0.25, 0.3) is 11.2 Å². The molecule has 0 unspecified atom stereocenters. The van der Waals surface area contributed by atoms with E-state index in [9.17, 15) is 9.59 Å². The lowest BCUT2D eigenvalue weighted by Gasteiger charge is -2.21. The molecule has 3 aromatic rings. The van der Waals surface area contributed by atoms with E-state index >= 15 is 0 Å². The third-order valence-corrected chi connectivity index (χ3v) is 5.31. The molecule has 0 aliphatic rings. The molecule has 0 aliphatic carbocycles. The van der Waals surface area contributed by atoms with E-state index in [0.717, 1.165) is 10.1 Å². The summed E-state index contributed by atoms with van der Waals surface area (Å²) in [5, 5.41) is 3.36. The van der Waals surface area contributed by atoms with Gasteiger partial charge in [0, 0.05) is 34.9 Å². The van der Waals surface area contributed by atoms with E-state index in [4.69, 9.17) is 18.9 Å². The van der Waals surface area contributed by atoms with Crippen molar-refractivity contribution in [3.8, 4) is 11.5 Å². The minimum absolute atomic E-state index is 0.292. The lowest BCUT2D eigenvalue weighted by molar-refractivity contribution is 0.184. The van der Waals surface area contributed by atoms with Crippen molar-refractivity contribution in [3.05, 3.63) is 44.6 Å². The highest BCUT2D eigenvalue weighted by atomic mass is 16.5. The molecular formula is C21H29N5O6. The molecule has 3 rings (SSSR count). The average Bonchev–Trinajstić information content (AvgIpc) is 3.17. The van der Waals surface area contributed by atoms with E-state index in [1.54, 1.807) is 40.1 Å². The number of hydrogen-bond donors (Lipinski definition) is 1. The van der Waals surface area contributed by atoms with E-state index < -0.39 is 11.2 Å². The highest BCUT2D eigenvalue weighted by Gasteiger charge is 2.22. The first kappa shape index (κ1) is 23.4. The zero-order valence-electron chi connectivity index (χ0n) is 19.2. The first-order valence-electron chi connectivity index (χ1n) is 10.00. The number of aryl methyl sites for hydroxylation is 1. The Hall–Kier alpha value is -3.31. The molecule has 2 heterocycles. The Morgan fingerprint density at radius 3 is 2.34 bits per heavy atom. The summed E-state index contributed by atoms with van der Waals surface area (Å²) in [6.07, 6.45) is 0. The van der Waals surface area contributed by atoms with Gasteiger partial charge in [-0.2, -0.15) is 4.98 Å². The normalized spacial score (nSPS) is 12.2. The van der Waals surface area contributed by atoms with Gasteiger partial charge in [-0.1, -0.05) is 6.07 Å².